The summed E-state index contributed by atoms with van der Waals surface area (Å²) in [5.74, 6) is 0.774. The Balaban J connectivity index is 2.10. The molecule has 0 fully saturated rings. The van der Waals surface area contributed by atoms with Crippen LogP contribution in [0.5, 0.6) is 11.6 Å². The van der Waals surface area contributed by atoms with Crippen molar-refractivity contribution in [1.82, 2.24) is 4.98 Å². The summed E-state index contributed by atoms with van der Waals surface area (Å²) in [5, 5.41) is 0. The van der Waals surface area contributed by atoms with Crippen LogP contribution in [-0.4, -0.2) is 4.98 Å². The van der Waals surface area contributed by atoms with Crippen LogP contribution in [0.1, 0.15) is 30.9 Å². The topological polar surface area (TPSA) is 22.1 Å². The Kier molecular flexibility index (Phi) is 5.36. The SMILES string of the molecule is CCCCc1ccc(Oc2ncc(F)cc2CCl)cc1. The third-order valence-corrected chi connectivity index (χ3v) is 3.28. The molecule has 0 N–H and O–H groups in total. The first-order valence-corrected chi connectivity index (χ1v) is 7.23. The molecule has 0 spiro atoms. The third kappa shape index (κ3) is 3.94. The van der Waals surface area contributed by atoms with E-state index >= 15 is 0 Å². The van der Waals surface area contributed by atoms with E-state index < -0.39 is 5.82 Å². The highest BCUT2D eigenvalue weighted by atomic mass is 35.5. The number of ether oxygens (including phenoxy) is 1. The lowest BCUT2D eigenvalue weighted by atomic mass is 10.1. The van der Waals surface area contributed by atoms with Crippen molar-refractivity contribution in [3.63, 3.8) is 0 Å². The number of pyridine rings is 1. The van der Waals surface area contributed by atoms with E-state index in [1.807, 2.05) is 24.3 Å². The van der Waals surface area contributed by atoms with Crippen LogP contribution in [0.15, 0.2) is 36.5 Å². The molecule has 106 valence electrons. The molecule has 0 radical (unpaired) electrons. The lowest BCUT2D eigenvalue weighted by Gasteiger charge is -2.09. The molecule has 4 heteroatoms. The van der Waals surface area contributed by atoms with Gasteiger partial charge in [-0.2, -0.15) is 0 Å². The van der Waals surface area contributed by atoms with Gasteiger partial charge in [0, 0.05) is 5.56 Å². The van der Waals surface area contributed by atoms with Crippen LogP contribution in [0, 0.1) is 5.82 Å². The molecule has 0 aliphatic carbocycles. The molecule has 1 aromatic heterocycles. The maximum Gasteiger partial charge on any atom is 0.223 e. The molecular weight excluding hydrogens is 277 g/mol. The normalized spacial score (nSPS) is 10.6. The van der Waals surface area contributed by atoms with E-state index in [1.54, 1.807) is 0 Å². The number of aromatic nitrogens is 1. The Morgan fingerprint density at radius 3 is 2.65 bits per heavy atom. The zero-order chi connectivity index (χ0) is 14.4. The minimum atomic E-state index is -0.414. The minimum absolute atomic E-state index is 0.161. The van der Waals surface area contributed by atoms with Crippen LogP contribution in [-0.2, 0) is 12.3 Å². The fraction of sp³-hybridized carbons (Fsp3) is 0.312. The smallest absolute Gasteiger partial charge is 0.223 e. The van der Waals surface area contributed by atoms with Gasteiger partial charge in [0.05, 0.1) is 12.1 Å². The Bertz CT molecular complexity index is 557. The van der Waals surface area contributed by atoms with Crippen LogP contribution < -0.4 is 4.74 Å². The van der Waals surface area contributed by atoms with Crippen molar-refractivity contribution in [1.29, 1.82) is 0 Å². The lowest BCUT2D eigenvalue weighted by molar-refractivity contribution is 0.454. The van der Waals surface area contributed by atoms with Gasteiger partial charge in [-0.15, -0.1) is 11.6 Å². The Labute approximate surface area is 123 Å². The van der Waals surface area contributed by atoms with Gasteiger partial charge in [0.15, 0.2) is 0 Å². The van der Waals surface area contributed by atoms with Gasteiger partial charge in [-0.3, -0.25) is 0 Å². The number of aryl methyl sites for hydroxylation is 1. The van der Waals surface area contributed by atoms with E-state index in [0.29, 0.717) is 17.2 Å². The van der Waals surface area contributed by atoms with E-state index in [-0.39, 0.29) is 5.88 Å². The number of benzene rings is 1. The first-order valence-electron chi connectivity index (χ1n) is 6.70. The van der Waals surface area contributed by atoms with Crippen molar-refractivity contribution < 1.29 is 9.13 Å². The van der Waals surface area contributed by atoms with Gasteiger partial charge in [-0.1, -0.05) is 25.5 Å². The molecule has 0 amide bonds. The molecule has 0 aliphatic heterocycles. The molecule has 2 rings (SSSR count). The second-order valence-electron chi connectivity index (χ2n) is 4.60. The Morgan fingerprint density at radius 2 is 2.00 bits per heavy atom. The molecular formula is C16H17ClFNO. The number of hydrogen-bond donors (Lipinski definition) is 0. The number of nitrogens with zero attached hydrogens (tertiary/aromatic N) is 1. The average molecular weight is 294 g/mol. The zero-order valence-corrected chi connectivity index (χ0v) is 12.2. The fourth-order valence-corrected chi connectivity index (χ4v) is 2.06. The molecule has 0 bridgehead atoms. The van der Waals surface area contributed by atoms with E-state index in [4.69, 9.17) is 16.3 Å². The number of halogens is 2. The van der Waals surface area contributed by atoms with Crippen molar-refractivity contribution >= 4 is 11.6 Å². The van der Waals surface area contributed by atoms with Gasteiger partial charge in [-0.25, -0.2) is 9.37 Å². The highest BCUT2D eigenvalue weighted by Gasteiger charge is 2.07. The van der Waals surface area contributed by atoms with Crippen molar-refractivity contribution in [2.45, 2.75) is 32.1 Å². The summed E-state index contributed by atoms with van der Waals surface area (Å²) in [4.78, 5) is 3.93. The summed E-state index contributed by atoms with van der Waals surface area (Å²) in [6, 6.07) is 9.21. The predicted octanol–water partition coefficient (Wildman–Crippen LogP) is 5.09. The number of unbranched alkanes of at least 4 members (excludes halogenated alkanes) is 1. The third-order valence-electron chi connectivity index (χ3n) is 2.99. The Hall–Kier alpha value is -1.61. The van der Waals surface area contributed by atoms with Crippen LogP contribution in [0.25, 0.3) is 0 Å². The maximum absolute atomic E-state index is 13.1. The number of hydrogen-bond acceptors (Lipinski definition) is 2. The highest BCUT2D eigenvalue weighted by Crippen LogP contribution is 2.25. The van der Waals surface area contributed by atoms with E-state index in [9.17, 15) is 4.39 Å². The number of alkyl halides is 1. The zero-order valence-electron chi connectivity index (χ0n) is 11.4. The lowest BCUT2D eigenvalue weighted by Crippen LogP contribution is -1.95. The predicted molar refractivity (Wildman–Crippen MR) is 78.9 cm³/mol. The first kappa shape index (κ1) is 14.8. The average Bonchev–Trinajstić information content (AvgIpc) is 2.48. The summed E-state index contributed by atoms with van der Waals surface area (Å²) < 4.78 is 18.7. The summed E-state index contributed by atoms with van der Waals surface area (Å²) in [6.45, 7) is 2.17. The molecule has 2 nitrogen and oxygen atoms in total. The van der Waals surface area contributed by atoms with Crippen LogP contribution in [0.4, 0.5) is 4.39 Å². The second-order valence-corrected chi connectivity index (χ2v) is 4.87. The molecule has 0 aliphatic rings. The Morgan fingerprint density at radius 1 is 1.25 bits per heavy atom. The first-order chi connectivity index (χ1) is 9.72. The standard InChI is InChI=1S/C16H17ClFNO/c1-2-3-4-12-5-7-15(8-6-12)20-16-13(10-17)9-14(18)11-19-16/h5-9,11H,2-4,10H2,1H3. The molecule has 0 saturated carbocycles. The summed E-state index contributed by atoms with van der Waals surface area (Å²) >= 11 is 5.77. The number of rotatable bonds is 6. The molecule has 0 saturated heterocycles. The maximum atomic E-state index is 13.1. The van der Waals surface area contributed by atoms with Gasteiger partial charge in [0.25, 0.3) is 0 Å². The van der Waals surface area contributed by atoms with Gasteiger partial charge < -0.3 is 4.74 Å². The monoisotopic (exact) mass is 293 g/mol. The second kappa shape index (κ2) is 7.25. The molecule has 0 atom stereocenters. The van der Waals surface area contributed by atoms with Crippen LogP contribution >= 0.6 is 11.6 Å². The van der Waals surface area contributed by atoms with Gasteiger partial charge in [0.1, 0.15) is 11.6 Å². The van der Waals surface area contributed by atoms with Crippen LogP contribution in [0.3, 0.4) is 0 Å². The van der Waals surface area contributed by atoms with Crippen molar-refractivity contribution in [2.75, 3.05) is 0 Å². The van der Waals surface area contributed by atoms with Crippen molar-refractivity contribution in [3.8, 4) is 11.6 Å². The molecule has 1 heterocycles. The molecule has 1 aromatic carbocycles. The van der Waals surface area contributed by atoms with E-state index in [0.717, 1.165) is 12.6 Å². The fourth-order valence-electron chi connectivity index (χ4n) is 1.87. The quantitative estimate of drug-likeness (QED) is 0.692. The highest BCUT2D eigenvalue weighted by molar-refractivity contribution is 6.17. The summed E-state index contributed by atoms with van der Waals surface area (Å²) in [6.07, 6.45) is 4.55. The van der Waals surface area contributed by atoms with Crippen molar-refractivity contribution in [3.05, 3.63) is 53.5 Å². The molecule has 0 unspecified atom stereocenters. The van der Waals surface area contributed by atoms with Gasteiger partial charge >= 0.3 is 0 Å². The summed E-state index contributed by atoms with van der Waals surface area (Å²) in [7, 11) is 0. The minimum Gasteiger partial charge on any atom is -0.439 e. The summed E-state index contributed by atoms with van der Waals surface area (Å²) in [5.41, 5.74) is 1.82. The van der Waals surface area contributed by atoms with Crippen molar-refractivity contribution in [2.24, 2.45) is 0 Å². The van der Waals surface area contributed by atoms with Crippen LogP contribution in [0.2, 0.25) is 0 Å². The van der Waals surface area contributed by atoms with E-state index in [1.165, 1.54) is 24.5 Å². The largest absolute Gasteiger partial charge is 0.439 e. The molecule has 20 heavy (non-hydrogen) atoms. The van der Waals surface area contributed by atoms with Gasteiger partial charge in [-0.05, 0) is 36.6 Å². The van der Waals surface area contributed by atoms with E-state index in [2.05, 4.69) is 11.9 Å². The molecule has 2 aromatic rings. The van der Waals surface area contributed by atoms with Gasteiger partial charge in [0.2, 0.25) is 5.88 Å².